The van der Waals surface area contributed by atoms with E-state index < -0.39 is 0 Å². The summed E-state index contributed by atoms with van der Waals surface area (Å²) in [5, 5.41) is 19.9. The first-order valence-electron chi connectivity index (χ1n) is 11.7. The molecule has 0 saturated carbocycles. The van der Waals surface area contributed by atoms with Gasteiger partial charge in [0.15, 0.2) is 5.65 Å². The van der Waals surface area contributed by atoms with E-state index in [4.69, 9.17) is 15.6 Å². The Morgan fingerprint density at radius 2 is 2.06 bits per heavy atom. The molecule has 0 radical (unpaired) electrons. The Morgan fingerprint density at radius 3 is 2.71 bits per heavy atom. The second-order valence-electron chi connectivity index (χ2n) is 9.08. The minimum Gasteiger partial charge on any atom is -0.493 e. The predicted octanol–water partition coefficient (Wildman–Crippen LogP) is 3.24. The molecule has 3 aromatic heterocycles. The number of anilines is 2. The van der Waals surface area contributed by atoms with Crippen LogP contribution in [0.3, 0.4) is 0 Å². The first-order chi connectivity index (χ1) is 16.8. The van der Waals surface area contributed by atoms with Gasteiger partial charge in [-0.2, -0.15) is 15.5 Å². The van der Waals surface area contributed by atoms with Crippen LogP contribution in [0.25, 0.3) is 11.0 Å². The molecular formula is C25H29N9O. The Bertz CT molecular complexity index is 1460. The summed E-state index contributed by atoms with van der Waals surface area (Å²) >= 11 is 0. The number of nitrogens with zero attached hydrogens (tertiary/aromatic N) is 8. The fourth-order valence-electron chi connectivity index (χ4n) is 5.02. The number of hydrogen-bond acceptors (Lipinski definition) is 8. The van der Waals surface area contributed by atoms with Gasteiger partial charge < -0.3 is 15.4 Å². The van der Waals surface area contributed by atoms with Crippen molar-refractivity contribution in [3.8, 4) is 11.8 Å². The highest BCUT2D eigenvalue weighted by Gasteiger charge is 2.36. The maximum absolute atomic E-state index is 10.1. The predicted molar refractivity (Wildman–Crippen MR) is 134 cm³/mol. The number of ether oxygens (including phenoxy) is 1. The zero-order valence-electron chi connectivity index (χ0n) is 20.6. The molecule has 1 fully saturated rings. The second-order valence-corrected chi connectivity index (χ2v) is 9.08. The molecule has 10 nitrogen and oxygen atoms in total. The van der Waals surface area contributed by atoms with Crippen LogP contribution < -0.4 is 15.4 Å². The van der Waals surface area contributed by atoms with Gasteiger partial charge in [-0.25, -0.2) is 14.6 Å². The van der Waals surface area contributed by atoms with E-state index >= 15 is 0 Å². The summed E-state index contributed by atoms with van der Waals surface area (Å²) < 4.78 is 9.94. The summed E-state index contributed by atoms with van der Waals surface area (Å²) in [7, 11) is 1.91. The van der Waals surface area contributed by atoms with Gasteiger partial charge in [-0.1, -0.05) is 0 Å². The van der Waals surface area contributed by atoms with Gasteiger partial charge in [-0.3, -0.25) is 4.68 Å². The smallest absolute Gasteiger partial charge is 0.164 e. The van der Waals surface area contributed by atoms with Crippen LogP contribution in [-0.2, 0) is 7.05 Å². The standard InChI is InChI=1S/C25H29N9O/c1-6-35-23-19(16(4)34-25-21(15(3)31-34)24(27)28-13-29-25)7-14(2)20(8-26)22(23)17-10-33(11-17)18-9-30-32(5)12-18/h7,9,12-13,16-17H,6,10-11H2,1-5H3,(H2,27,28,29). The number of aromatic nitrogens is 6. The van der Waals surface area contributed by atoms with Gasteiger partial charge in [0, 0.05) is 43.4 Å². The normalized spacial score (nSPS) is 14.7. The summed E-state index contributed by atoms with van der Waals surface area (Å²) in [6.45, 7) is 10.0. The molecule has 0 spiro atoms. The van der Waals surface area contributed by atoms with Gasteiger partial charge in [0.2, 0.25) is 0 Å². The van der Waals surface area contributed by atoms with E-state index in [2.05, 4.69) is 33.0 Å². The van der Waals surface area contributed by atoms with Crippen LogP contribution in [0.15, 0.2) is 24.8 Å². The zero-order valence-corrected chi connectivity index (χ0v) is 20.6. The van der Waals surface area contributed by atoms with Gasteiger partial charge >= 0.3 is 0 Å². The molecule has 1 aromatic carbocycles. The van der Waals surface area contributed by atoms with Crippen LogP contribution in [0.4, 0.5) is 11.5 Å². The van der Waals surface area contributed by atoms with Crippen LogP contribution in [0.5, 0.6) is 5.75 Å². The van der Waals surface area contributed by atoms with Crippen molar-refractivity contribution in [3.63, 3.8) is 0 Å². The van der Waals surface area contributed by atoms with E-state index in [1.54, 1.807) is 4.68 Å². The van der Waals surface area contributed by atoms with E-state index in [0.717, 1.165) is 52.3 Å². The minimum atomic E-state index is -0.193. The Kier molecular flexibility index (Phi) is 5.55. The molecule has 5 rings (SSSR count). The zero-order chi connectivity index (χ0) is 24.9. The molecule has 10 heteroatoms. The van der Waals surface area contributed by atoms with E-state index in [1.165, 1.54) is 6.33 Å². The Balaban J connectivity index is 1.61. The topological polar surface area (TPSA) is 124 Å². The largest absolute Gasteiger partial charge is 0.493 e. The van der Waals surface area contributed by atoms with Crippen molar-refractivity contribution in [3.05, 3.63) is 52.7 Å². The number of nitrogen functional groups attached to an aromatic ring is 1. The van der Waals surface area contributed by atoms with Gasteiger partial charge in [0.25, 0.3) is 0 Å². The first kappa shape index (κ1) is 22.7. The molecule has 4 aromatic rings. The average molecular weight is 472 g/mol. The van der Waals surface area contributed by atoms with Gasteiger partial charge in [0.05, 0.1) is 47.2 Å². The van der Waals surface area contributed by atoms with E-state index in [1.807, 2.05) is 51.0 Å². The van der Waals surface area contributed by atoms with Gasteiger partial charge in [0.1, 0.15) is 17.9 Å². The van der Waals surface area contributed by atoms with Crippen molar-refractivity contribution in [1.82, 2.24) is 29.5 Å². The Morgan fingerprint density at radius 1 is 1.29 bits per heavy atom. The van der Waals surface area contributed by atoms with Crippen LogP contribution in [0.1, 0.15) is 53.8 Å². The second kappa shape index (κ2) is 8.58. The summed E-state index contributed by atoms with van der Waals surface area (Å²) in [6.07, 6.45) is 5.34. The lowest BCUT2D eigenvalue weighted by molar-refractivity contribution is 0.322. The number of aryl methyl sites for hydroxylation is 3. The lowest BCUT2D eigenvalue weighted by Crippen LogP contribution is -2.45. The quantitative estimate of drug-likeness (QED) is 0.454. The number of nitrogens with two attached hydrogens (primary N) is 1. The highest BCUT2D eigenvalue weighted by atomic mass is 16.5. The van der Waals surface area contributed by atoms with Crippen molar-refractivity contribution >= 4 is 22.5 Å². The molecule has 4 heterocycles. The molecule has 1 atom stereocenters. The third-order valence-electron chi connectivity index (χ3n) is 6.80. The third kappa shape index (κ3) is 3.64. The molecule has 1 unspecified atom stereocenters. The van der Waals surface area contributed by atoms with E-state index in [9.17, 15) is 5.26 Å². The van der Waals surface area contributed by atoms with E-state index in [-0.39, 0.29) is 12.0 Å². The van der Waals surface area contributed by atoms with Crippen molar-refractivity contribution in [2.75, 3.05) is 30.3 Å². The van der Waals surface area contributed by atoms with Crippen molar-refractivity contribution in [2.45, 2.75) is 39.7 Å². The van der Waals surface area contributed by atoms with Crippen molar-refractivity contribution in [2.24, 2.45) is 7.05 Å². The maximum atomic E-state index is 10.1. The van der Waals surface area contributed by atoms with Gasteiger partial charge in [-0.05, 0) is 39.3 Å². The van der Waals surface area contributed by atoms with Crippen molar-refractivity contribution in [1.29, 1.82) is 5.26 Å². The Labute approximate surface area is 203 Å². The molecule has 2 N–H and O–H groups in total. The van der Waals surface area contributed by atoms with E-state index in [0.29, 0.717) is 23.6 Å². The summed E-state index contributed by atoms with van der Waals surface area (Å²) in [5.41, 5.74) is 12.2. The molecular weight excluding hydrogens is 442 g/mol. The van der Waals surface area contributed by atoms with Crippen LogP contribution in [0, 0.1) is 25.2 Å². The highest BCUT2D eigenvalue weighted by molar-refractivity contribution is 5.88. The van der Waals surface area contributed by atoms with Gasteiger partial charge in [-0.15, -0.1) is 0 Å². The van der Waals surface area contributed by atoms with Crippen molar-refractivity contribution < 1.29 is 4.74 Å². The van der Waals surface area contributed by atoms with Crippen LogP contribution in [0.2, 0.25) is 0 Å². The first-order valence-corrected chi connectivity index (χ1v) is 11.7. The SMILES string of the molecule is CCOc1c(C(C)n2nc(C)c3c(N)ncnc32)cc(C)c(C#N)c1C1CN(c2cnn(C)c2)C1. The molecule has 1 aliphatic rings. The van der Waals surface area contributed by atoms with Crippen LogP contribution in [-0.4, -0.2) is 49.2 Å². The summed E-state index contributed by atoms with van der Waals surface area (Å²) in [5.74, 6) is 1.35. The number of fused-ring (bicyclic) bond motifs is 1. The number of hydrogen-bond donors (Lipinski definition) is 1. The molecule has 180 valence electrons. The molecule has 0 aliphatic carbocycles. The molecule has 1 aliphatic heterocycles. The summed E-state index contributed by atoms with van der Waals surface area (Å²) in [6, 6.07) is 4.29. The maximum Gasteiger partial charge on any atom is 0.164 e. The monoisotopic (exact) mass is 471 g/mol. The number of rotatable bonds is 6. The molecule has 0 amide bonds. The van der Waals surface area contributed by atoms with Crippen LogP contribution >= 0.6 is 0 Å². The lowest BCUT2D eigenvalue weighted by atomic mass is 9.83. The Hall–Kier alpha value is -4.13. The number of nitriles is 1. The minimum absolute atomic E-state index is 0.173. The lowest BCUT2D eigenvalue weighted by Gasteiger charge is -2.42. The summed E-state index contributed by atoms with van der Waals surface area (Å²) in [4.78, 5) is 10.9. The molecule has 1 saturated heterocycles. The average Bonchev–Trinajstić information content (AvgIpc) is 3.37. The fraction of sp³-hybridized carbons (Fsp3) is 0.400. The molecule has 0 bridgehead atoms. The number of benzene rings is 1. The fourth-order valence-corrected chi connectivity index (χ4v) is 5.02. The third-order valence-corrected chi connectivity index (χ3v) is 6.80. The molecule has 35 heavy (non-hydrogen) atoms. The highest BCUT2D eigenvalue weighted by Crippen LogP contribution is 2.44.